The molecular weight excluding hydrogens is 281 g/mol. The Bertz CT molecular complexity index is 804. The predicted molar refractivity (Wildman–Crippen MR) is 71.5 cm³/mol. The number of aromatic nitrogens is 2. The summed E-state index contributed by atoms with van der Waals surface area (Å²) in [6.45, 7) is 0. The zero-order chi connectivity index (χ0) is 15.0. The van der Waals surface area contributed by atoms with Gasteiger partial charge < -0.3 is 0 Å². The lowest BCUT2D eigenvalue weighted by Crippen LogP contribution is -2.05. The van der Waals surface area contributed by atoms with Gasteiger partial charge in [-0.15, -0.1) is 0 Å². The van der Waals surface area contributed by atoms with Gasteiger partial charge in [0, 0.05) is 17.1 Å². The molecule has 2 aromatic carbocycles. The molecule has 0 amide bonds. The van der Waals surface area contributed by atoms with Crippen LogP contribution in [0.4, 0.5) is 13.2 Å². The molecule has 3 nitrogen and oxygen atoms in total. The molecule has 0 aliphatic rings. The summed E-state index contributed by atoms with van der Waals surface area (Å²) in [5.74, 6) is 0. The van der Waals surface area contributed by atoms with Crippen molar-refractivity contribution in [3.8, 4) is 5.69 Å². The van der Waals surface area contributed by atoms with Crippen molar-refractivity contribution in [2.24, 2.45) is 0 Å². The number of hydrogen-bond donors (Lipinski definition) is 0. The van der Waals surface area contributed by atoms with Gasteiger partial charge in [0.15, 0.2) is 0 Å². The number of aldehydes is 1. The van der Waals surface area contributed by atoms with E-state index in [-0.39, 0.29) is 0 Å². The minimum Gasteiger partial charge on any atom is -0.298 e. The molecule has 6 heteroatoms. The van der Waals surface area contributed by atoms with Crippen LogP contribution in [0.3, 0.4) is 0 Å². The van der Waals surface area contributed by atoms with Crippen LogP contribution in [-0.2, 0) is 6.18 Å². The Morgan fingerprint density at radius 1 is 1.05 bits per heavy atom. The van der Waals surface area contributed by atoms with Crippen LogP contribution in [-0.4, -0.2) is 16.1 Å². The number of benzene rings is 2. The third-order valence-electron chi connectivity index (χ3n) is 3.13. The molecule has 0 aliphatic heterocycles. The van der Waals surface area contributed by atoms with Gasteiger partial charge in [0.2, 0.25) is 0 Å². The molecule has 0 spiro atoms. The molecule has 0 bridgehead atoms. The zero-order valence-corrected chi connectivity index (χ0v) is 10.6. The summed E-state index contributed by atoms with van der Waals surface area (Å²) < 4.78 is 39.0. The maximum Gasteiger partial charge on any atom is 0.416 e. The molecule has 21 heavy (non-hydrogen) atoms. The lowest BCUT2D eigenvalue weighted by Gasteiger charge is -2.07. The molecule has 0 fully saturated rings. The molecule has 3 aromatic rings. The number of halogens is 3. The van der Waals surface area contributed by atoms with Gasteiger partial charge in [0.25, 0.3) is 0 Å². The summed E-state index contributed by atoms with van der Waals surface area (Å²) in [6.07, 6.45) is -1.94. The summed E-state index contributed by atoms with van der Waals surface area (Å²) in [7, 11) is 0. The second-order valence-corrected chi connectivity index (χ2v) is 4.55. The lowest BCUT2D eigenvalue weighted by molar-refractivity contribution is -0.137. The Hall–Kier alpha value is -2.63. The maximum atomic E-state index is 12.5. The van der Waals surface area contributed by atoms with Crippen LogP contribution in [0.25, 0.3) is 16.6 Å². The van der Waals surface area contributed by atoms with E-state index in [4.69, 9.17) is 0 Å². The standard InChI is InChI=1S/C15H9F3N2O/c16-15(17,18)12-3-5-13(6-4-12)20-8-11-2-1-10(9-21)7-14(11)19-20/h1-9H. The van der Waals surface area contributed by atoms with Gasteiger partial charge >= 0.3 is 6.18 Å². The molecule has 1 heterocycles. The van der Waals surface area contributed by atoms with Crippen molar-refractivity contribution in [3.05, 3.63) is 59.8 Å². The molecule has 106 valence electrons. The molecule has 0 saturated carbocycles. The van der Waals surface area contributed by atoms with Crippen molar-refractivity contribution in [3.63, 3.8) is 0 Å². The first-order valence-electron chi connectivity index (χ1n) is 6.09. The first-order chi connectivity index (χ1) is 9.97. The summed E-state index contributed by atoms with van der Waals surface area (Å²) in [4.78, 5) is 10.7. The minimum absolute atomic E-state index is 0.500. The number of rotatable bonds is 2. The molecule has 0 saturated heterocycles. The SMILES string of the molecule is O=Cc1ccc2cn(-c3ccc(C(F)(F)F)cc3)nc2c1. The summed E-state index contributed by atoms with van der Waals surface area (Å²) >= 11 is 0. The maximum absolute atomic E-state index is 12.5. The number of carbonyl (C=O) groups excluding carboxylic acids is 1. The van der Waals surface area contributed by atoms with Crippen molar-refractivity contribution in [2.75, 3.05) is 0 Å². The van der Waals surface area contributed by atoms with E-state index in [1.807, 2.05) is 0 Å². The number of alkyl halides is 3. The smallest absolute Gasteiger partial charge is 0.298 e. The number of nitrogens with zero attached hydrogens (tertiary/aromatic N) is 2. The van der Waals surface area contributed by atoms with E-state index in [0.29, 0.717) is 16.8 Å². The third-order valence-corrected chi connectivity index (χ3v) is 3.13. The average molecular weight is 290 g/mol. The van der Waals surface area contributed by atoms with Crippen LogP contribution in [0.5, 0.6) is 0 Å². The van der Waals surface area contributed by atoms with Crippen LogP contribution in [0.1, 0.15) is 15.9 Å². The van der Waals surface area contributed by atoms with Crippen molar-refractivity contribution in [1.82, 2.24) is 9.78 Å². The Labute approximate surface area is 117 Å². The van der Waals surface area contributed by atoms with Crippen LogP contribution >= 0.6 is 0 Å². The van der Waals surface area contributed by atoms with Gasteiger partial charge in [0.1, 0.15) is 6.29 Å². The molecule has 0 aliphatic carbocycles. The first kappa shape index (κ1) is 13.4. The van der Waals surface area contributed by atoms with E-state index in [9.17, 15) is 18.0 Å². The Morgan fingerprint density at radius 3 is 2.38 bits per heavy atom. The molecule has 0 unspecified atom stereocenters. The third kappa shape index (κ3) is 2.52. The molecule has 0 atom stereocenters. The fourth-order valence-electron chi connectivity index (χ4n) is 2.04. The van der Waals surface area contributed by atoms with E-state index in [2.05, 4.69) is 5.10 Å². The van der Waals surface area contributed by atoms with Crippen molar-refractivity contribution in [2.45, 2.75) is 6.18 Å². The van der Waals surface area contributed by atoms with E-state index >= 15 is 0 Å². The average Bonchev–Trinajstić information content (AvgIpc) is 2.89. The molecule has 0 N–H and O–H groups in total. The highest BCUT2D eigenvalue weighted by Crippen LogP contribution is 2.29. The largest absolute Gasteiger partial charge is 0.416 e. The van der Waals surface area contributed by atoms with Gasteiger partial charge in [-0.1, -0.05) is 12.1 Å². The van der Waals surface area contributed by atoms with Crippen LogP contribution in [0.15, 0.2) is 48.7 Å². The minimum atomic E-state index is -4.35. The van der Waals surface area contributed by atoms with Crippen molar-refractivity contribution < 1.29 is 18.0 Å². The van der Waals surface area contributed by atoms with Gasteiger partial charge in [-0.05, 0) is 30.3 Å². The van der Waals surface area contributed by atoms with E-state index in [0.717, 1.165) is 23.8 Å². The first-order valence-corrected chi connectivity index (χ1v) is 6.09. The molecular formula is C15H9F3N2O. The van der Waals surface area contributed by atoms with Crippen LogP contribution in [0, 0.1) is 0 Å². The predicted octanol–water partition coefficient (Wildman–Crippen LogP) is 3.86. The van der Waals surface area contributed by atoms with Crippen LogP contribution in [0.2, 0.25) is 0 Å². The highest BCUT2D eigenvalue weighted by molar-refractivity contribution is 5.86. The molecule has 0 radical (unpaired) electrons. The summed E-state index contributed by atoms with van der Waals surface area (Å²) in [5.41, 5.74) is 0.928. The van der Waals surface area contributed by atoms with Crippen LogP contribution < -0.4 is 0 Å². The van der Waals surface area contributed by atoms with E-state index in [1.54, 1.807) is 24.4 Å². The van der Waals surface area contributed by atoms with Gasteiger partial charge in [-0.2, -0.15) is 18.3 Å². The summed E-state index contributed by atoms with van der Waals surface area (Å²) in [5, 5.41) is 5.07. The highest BCUT2D eigenvalue weighted by atomic mass is 19.4. The van der Waals surface area contributed by atoms with Gasteiger partial charge in [-0.3, -0.25) is 4.79 Å². The van der Waals surface area contributed by atoms with Gasteiger partial charge in [0.05, 0.1) is 16.8 Å². The van der Waals surface area contributed by atoms with Crippen molar-refractivity contribution >= 4 is 17.2 Å². The van der Waals surface area contributed by atoms with Crippen molar-refractivity contribution in [1.29, 1.82) is 0 Å². The Morgan fingerprint density at radius 2 is 1.76 bits per heavy atom. The lowest BCUT2D eigenvalue weighted by atomic mass is 10.2. The quantitative estimate of drug-likeness (QED) is 0.672. The zero-order valence-electron chi connectivity index (χ0n) is 10.6. The fourth-order valence-corrected chi connectivity index (χ4v) is 2.04. The summed E-state index contributed by atoms with van der Waals surface area (Å²) in [6, 6.07) is 9.77. The molecule has 3 rings (SSSR count). The normalized spacial score (nSPS) is 11.8. The fraction of sp³-hybridized carbons (Fsp3) is 0.0667. The van der Waals surface area contributed by atoms with E-state index < -0.39 is 11.7 Å². The number of carbonyl (C=O) groups is 1. The van der Waals surface area contributed by atoms with E-state index in [1.165, 1.54) is 16.8 Å². The second kappa shape index (κ2) is 4.73. The molecule has 1 aromatic heterocycles. The van der Waals surface area contributed by atoms with Gasteiger partial charge in [-0.25, -0.2) is 4.68 Å². The monoisotopic (exact) mass is 290 g/mol. The number of hydrogen-bond acceptors (Lipinski definition) is 2. The highest BCUT2D eigenvalue weighted by Gasteiger charge is 2.30. The second-order valence-electron chi connectivity index (χ2n) is 4.55. The Balaban J connectivity index is 2.02. The topological polar surface area (TPSA) is 34.9 Å². The Kier molecular flexibility index (Phi) is 3.01. The number of fused-ring (bicyclic) bond motifs is 1.